The van der Waals surface area contributed by atoms with Gasteiger partial charge in [0.15, 0.2) is 0 Å². The summed E-state index contributed by atoms with van der Waals surface area (Å²) in [5, 5.41) is 5.73. The lowest BCUT2D eigenvalue weighted by Gasteiger charge is -2.21. The molecule has 108 valence electrons. The van der Waals surface area contributed by atoms with Gasteiger partial charge in [-0.05, 0) is 32.4 Å². The second kappa shape index (κ2) is 6.95. The molecule has 20 heavy (non-hydrogen) atoms. The van der Waals surface area contributed by atoms with Crippen LogP contribution in [0.2, 0.25) is 0 Å². The van der Waals surface area contributed by atoms with Crippen LogP contribution in [0.1, 0.15) is 44.0 Å². The van der Waals surface area contributed by atoms with Crippen LogP contribution >= 0.6 is 0 Å². The van der Waals surface area contributed by atoms with E-state index in [0.29, 0.717) is 12.2 Å². The molecule has 0 fully saturated rings. The number of rotatable bonds is 6. The first-order chi connectivity index (χ1) is 9.41. The summed E-state index contributed by atoms with van der Waals surface area (Å²) in [6.07, 6.45) is 7.31. The van der Waals surface area contributed by atoms with Gasteiger partial charge in [0.05, 0.1) is 11.1 Å². The van der Waals surface area contributed by atoms with Crippen molar-refractivity contribution in [3.63, 3.8) is 0 Å². The highest BCUT2D eigenvalue weighted by Crippen LogP contribution is 2.20. The molecular weight excluding hydrogens is 255 g/mol. The predicted octanol–water partition coefficient (Wildman–Crippen LogP) is 3.18. The van der Waals surface area contributed by atoms with E-state index in [1.54, 1.807) is 26.0 Å². The van der Waals surface area contributed by atoms with E-state index in [4.69, 9.17) is 6.42 Å². The molecule has 0 heterocycles. The molecule has 1 amide bonds. The Labute approximate surface area is 120 Å². The number of carbonyl (C=O) groups is 1. The zero-order valence-corrected chi connectivity index (χ0v) is 12.2. The van der Waals surface area contributed by atoms with E-state index in [-0.39, 0.29) is 5.56 Å². The van der Waals surface area contributed by atoms with Crippen LogP contribution in [-0.2, 0) is 0 Å². The average molecular weight is 276 g/mol. The first kappa shape index (κ1) is 16.0. The van der Waals surface area contributed by atoms with Crippen LogP contribution in [0.5, 0.6) is 0 Å². The maximum Gasteiger partial charge on any atom is 0.257 e. The van der Waals surface area contributed by atoms with Gasteiger partial charge < -0.3 is 10.6 Å². The standard InChI is InChI=1S/C16H21FN2O/c1-5-7-11-18-13-10-8-9-12(17)14(13)15(20)19-16(3,4)6-2/h2,8-10,18H,5,7,11H2,1,3-4H3,(H,19,20). The van der Waals surface area contributed by atoms with Crippen LogP contribution in [0.4, 0.5) is 10.1 Å². The molecule has 4 heteroatoms. The number of halogens is 1. The van der Waals surface area contributed by atoms with Gasteiger partial charge in [0, 0.05) is 12.2 Å². The molecule has 0 unspecified atom stereocenters. The number of hydrogen-bond acceptors (Lipinski definition) is 2. The molecule has 0 saturated carbocycles. The summed E-state index contributed by atoms with van der Waals surface area (Å²) in [4.78, 5) is 12.2. The first-order valence-electron chi connectivity index (χ1n) is 6.74. The summed E-state index contributed by atoms with van der Waals surface area (Å²) in [6, 6.07) is 4.53. The van der Waals surface area contributed by atoms with Crippen molar-refractivity contribution in [1.82, 2.24) is 5.32 Å². The van der Waals surface area contributed by atoms with E-state index in [0.717, 1.165) is 12.8 Å². The summed E-state index contributed by atoms with van der Waals surface area (Å²) >= 11 is 0. The van der Waals surface area contributed by atoms with Crippen LogP contribution in [0, 0.1) is 18.2 Å². The van der Waals surface area contributed by atoms with Crippen LogP contribution in [0.15, 0.2) is 18.2 Å². The molecule has 2 N–H and O–H groups in total. The Bertz CT molecular complexity index is 518. The van der Waals surface area contributed by atoms with Gasteiger partial charge in [-0.15, -0.1) is 6.42 Å². The molecule has 1 rings (SSSR count). The molecule has 0 spiro atoms. The molecule has 0 radical (unpaired) electrons. The molecule has 0 saturated heterocycles. The smallest absolute Gasteiger partial charge is 0.257 e. The molecule has 3 nitrogen and oxygen atoms in total. The number of carbonyl (C=O) groups excluding carboxylic acids is 1. The van der Waals surface area contributed by atoms with Crippen molar-refractivity contribution in [2.24, 2.45) is 0 Å². The largest absolute Gasteiger partial charge is 0.384 e. The van der Waals surface area contributed by atoms with Crippen LogP contribution in [0.3, 0.4) is 0 Å². The maximum atomic E-state index is 13.9. The fourth-order valence-electron chi connectivity index (χ4n) is 1.68. The SMILES string of the molecule is C#CC(C)(C)NC(=O)c1c(F)cccc1NCCCC. The lowest BCUT2D eigenvalue weighted by molar-refractivity contribution is 0.0926. The number of benzene rings is 1. The summed E-state index contributed by atoms with van der Waals surface area (Å²) < 4.78 is 13.9. The fraction of sp³-hybridized carbons (Fsp3) is 0.438. The van der Waals surface area contributed by atoms with Gasteiger partial charge in [-0.25, -0.2) is 4.39 Å². The third kappa shape index (κ3) is 4.27. The number of amides is 1. The van der Waals surface area contributed by atoms with E-state index < -0.39 is 17.3 Å². The number of terminal acetylenes is 1. The van der Waals surface area contributed by atoms with Crippen LogP contribution < -0.4 is 10.6 Å². The van der Waals surface area contributed by atoms with E-state index in [2.05, 4.69) is 23.5 Å². The van der Waals surface area contributed by atoms with Crippen molar-refractivity contribution in [3.8, 4) is 12.3 Å². The average Bonchev–Trinajstić information content (AvgIpc) is 2.38. The Kier molecular flexibility index (Phi) is 5.57. The summed E-state index contributed by atoms with van der Waals surface area (Å²) in [5.74, 6) is 1.39. The molecular formula is C16H21FN2O. The highest BCUT2D eigenvalue weighted by Gasteiger charge is 2.22. The normalized spacial score (nSPS) is 10.8. The van der Waals surface area contributed by atoms with E-state index >= 15 is 0 Å². The van der Waals surface area contributed by atoms with Crippen molar-refractivity contribution in [2.75, 3.05) is 11.9 Å². The van der Waals surface area contributed by atoms with E-state index in [1.807, 2.05) is 0 Å². The Morgan fingerprint density at radius 3 is 2.75 bits per heavy atom. The van der Waals surface area contributed by atoms with Gasteiger partial charge in [0.2, 0.25) is 0 Å². The third-order valence-corrected chi connectivity index (χ3v) is 2.87. The third-order valence-electron chi connectivity index (χ3n) is 2.87. The minimum absolute atomic E-state index is 0.00641. The van der Waals surface area contributed by atoms with Gasteiger partial charge >= 0.3 is 0 Å². The van der Waals surface area contributed by atoms with Gasteiger partial charge in [-0.2, -0.15) is 0 Å². The van der Waals surface area contributed by atoms with Crippen LogP contribution in [0.25, 0.3) is 0 Å². The van der Waals surface area contributed by atoms with Crippen molar-refractivity contribution in [1.29, 1.82) is 0 Å². The number of anilines is 1. The monoisotopic (exact) mass is 276 g/mol. The molecule has 0 aromatic heterocycles. The molecule has 1 aromatic carbocycles. The van der Waals surface area contributed by atoms with Gasteiger partial charge in [0.25, 0.3) is 5.91 Å². The van der Waals surface area contributed by atoms with Crippen LogP contribution in [-0.4, -0.2) is 18.0 Å². The van der Waals surface area contributed by atoms with E-state index in [1.165, 1.54) is 6.07 Å². The lowest BCUT2D eigenvalue weighted by Crippen LogP contribution is -2.42. The Hall–Kier alpha value is -2.02. The van der Waals surface area contributed by atoms with Gasteiger partial charge in [-0.1, -0.05) is 25.3 Å². The minimum atomic E-state index is -0.819. The number of nitrogens with one attached hydrogen (secondary N) is 2. The zero-order valence-electron chi connectivity index (χ0n) is 12.2. The lowest BCUT2D eigenvalue weighted by atomic mass is 10.0. The zero-order chi connectivity index (χ0) is 15.2. The molecule has 0 aliphatic carbocycles. The molecule has 0 atom stereocenters. The summed E-state index contributed by atoms with van der Waals surface area (Å²) in [6.45, 7) is 6.14. The maximum absolute atomic E-state index is 13.9. The second-order valence-electron chi connectivity index (χ2n) is 5.17. The Morgan fingerprint density at radius 1 is 1.45 bits per heavy atom. The molecule has 1 aromatic rings. The second-order valence-corrected chi connectivity index (χ2v) is 5.17. The molecule has 0 aliphatic heterocycles. The highest BCUT2D eigenvalue weighted by atomic mass is 19.1. The Morgan fingerprint density at radius 2 is 2.15 bits per heavy atom. The highest BCUT2D eigenvalue weighted by molar-refractivity contribution is 6.00. The first-order valence-corrected chi connectivity index (χ1v) is 6.74. The van der Waals surface area contributed by atoms with Crippen molar-refractivity contribution >= 4 is 11.6 Å². The van der Waals surface area contributed by atoms with Crippen molar-refractivity contribution in [3.05, 3.63) is 29.6 Å². The molecule has 0 aliphatic rings. The minimum Gasteiger partial charge on any atom is -0.384 e. The fourth-order valence-corrected chi connectivity index (χ4v) is 1.68. The number of unbranched alkanes of at least 4 members (excludes halogenated alkanes) is 1. The quantitative estimate of drug-likeness (QED) is 0.619. The summed E-state index contributed by atoms with van der Waals surface area (Å²) in [7, 11) is 0. The van der Waals surface area contributed by atoms with Crippen molar-refractivity contribution < 1.29 is 9.18 Å². The number of hydrogen-bond donors (Lipinski definition) is 2. The van der Waals surface area contributed by atoms with Gasteiger partial charge in [0.1, 0.15) is 5.82 Å². The topological polar surface area (TPSA) is 41.1 Å². The van der Waals surface area contributed by atoms with Crippen molar-refractivity contribution in [2.45, 2.75) is 39.2 Å². The summed E-state index contributed by atoms with van der Waals surface area (Å²) in [5.41, 5.74) is -0.323. The molecule has 0 bridgehead atoms. The van der Waals surface area contributed by atoms with E-state index in [9.17, 15) is 9.18 Å². The Balaban J connectivity index is 2.98. The predicted molar refractivity (Wildman–Crippen MR) is 80.2 cm³/mol. The van der Waals surface area contributed by atoms with Gasteiger partial charge in [-0.3, -0.25) is 4.79 Å².